The first kappa shape index (κ1) is 25.9. The molecule has 1 atom stereocenters. The van der Waals surface area contributed by atoms with Crippen molar-refractivity contribution in [1.82, 2.24) is 0 Å². The fraction of sp³-hybridized carbons (Fsp3) is 0.367. The number of thioether (sulfide) groups is 1. The number of benzene rings is 3. The van der Waals surface area contributed by atoms with Crippen molar-refractivity contribution in [2.24, 2.45) is 0 Å². The normalized spacial score (nSPS) is 12.4. The molecular weight excluding hydrogens is 440 g/mol. The van der Waals surface area contributed by atoms with Crippen LogP contribution >= 0.6 is 11.8 Å². The summed E-state index contributed by atoms with van der Waals surface area (Å²) in [4.78, 5) is 12.3. The van der Waals surface area contributed by atoms with Gasteiger partial charge in [0.2, 0.25) is 0 Å². The number of aliphatic carboxylic acids is 1. The average molecular weight is 477 g/mol. The maximum absolute atomic E-state index is 12.3. The molecule has 3 aromatic rings. The SMILES string of the molecule is CCCCCCCc1c(O)cccc1C(SC(CC)C(=O)O)(c1ccccc1)c1ccccc1. The van der Waals surface area contributed by atoms with E-state index in [9.17, 15) is 15.0 Å². The molecule has 2 N–H and O–H groups in total. The zero-order valence-electron chi connectivity index (χ0n) is 20.2. The van der Waals surface area contributed by atoms with Crippen LogP contribution in [0, 0.1) is 0 Å². The van der Waals surface area contributed by atoms with Gasteiger partial charge in [-0.05, 0) is 47.6 Å². The van der Waals surface area contributed by atoms with E-state index in [1.54, 1.807) is 6.07 Å². The average Bonchev–Trinajstić information content (AvgIpc) is 2.86. The third kappa shape index (κ3) is 5.85. The van der Waals surface area contributed by atoms with Crippen LogP contribution < -0.4 is 0 Å². The van der Waals surface area contributed by atoms with E-state index >= 15 is 0 Å². The standard InChI is InChI=1S/C30H36O3S/c1-3-5-6-7-14-20-25-26(21-15-22-27(25)31)30(23-16-10-8-11-17-23,24-18-12-9-13-19-24)34-28(4-2)29(32)33/h8-13,15-19,21-22,28,31H,3-7,14,20H2,1-2H3,(H,32,33). The van der Waals surface area contributed by atoms with Crippen LogP contribution in [0.4, 0.5) is 0 Å². The summed E-state index contributed by atoms with van der Waals surface area (Å²) >= 11 is 1.46. The van der Waals surface area contributed by atoms with E-state index in [2.05, 4.69) is 37.3 Å². The Morgan fingerprint density at radius 3 is 1.94 bits per heavy atom. The lowest BCUT2D eigenvalue weighted by Gasteiger charge is -2.38. The van der Waals surface area contributed by atoms with Crippen molar-refractivity contribution in [3.63, 3.8) is 0 Å². The first-order valence-corrected chi connectivity index (χ1v) is 13.3. The Kier molecular flexibility index (Phi) is 9.64. The van der Waals surface area contributed by atoms with Gasteiger partial charge in [-0.25, -0.2) is 0 Å². The number of aromatic hydroxyl groups is 1. The van der Waals surface area contributed by atoms with Crippen molar-refractivity contribution in [2.45, 2.75) is 68.8 Å². The molecule has 0 aromatic heterocycles. The van der Waals surface area contributed by atoms with Gasteiger partial charge in [0, 0.05) is 0 Å². The Morgan fingerprint density at radius 2 is 1.41 bits per heavy atom. The van der Waals surface area contributed by atoms with Gasteiger partial charge < -0.3 is 10.2 Å². The summed E-state index contributed by atoms with van der Waals surface area (Å²) in [6, 6.07) is 26.0. The maximum Gasteiger partial charge on any atom is 0.316 e. The van der Waals surface area contributed by atoms with Crippen molar-refractivity contribution >= 4 is 17.7 Å². The second kappa shape index (κ2) is 12.7. The van der Waals surface area contributed by atoms with Crippen molar-refractivity contribution in [2.75, 3.05) is 0 Å². The van der Waals surface area contributed by atoms with Crippen molar-refractivity contribution < 1.29 is 15.0 Å². The van der Waals surface area contributed by atoms with Gasteiger partial charge >= 0.3 is 5.97 Å². The fourth-order valence-electron chi connectivity index (χ4n) is 4.62. The molecule has 3 aromatic carbocycles. The Hall–Kier alpha value is -2.72. The number of carboxylic acid groups (broad SMARTS) is 1. The Labute approximate surface area is 208 Å². The summed E-state index contributed by atoms with van der Waals surface area (Å²) in [6.45, 7) is 4.13. The van der Waals surface area contributed by atoms with Gasteiger partial charge in [-0.1, -0.05) is 112 Å². The quantitative estimate of drug-likeness (QED) is 0.195. The summed E-state index contributed by atoms with van der Waals surface area (Å²) in [7, 11) is 0. The summed E-state index contributed by atoms with van der Waals surface area (Å²) in [5.74, 6) is -0.529. The third-order valence-corrected chi connectivity index (χ3v) is 8.25. The Balaban J connectivity index is 2.23. The number of carboxylic acids is 1. The summed E-state index contributed by atoms with van der Waals surface area (Å²) in [5.41, 5.74) is 3.93. The predicted molar refractivity (Wildman–Crippen MR) is 143 cm³/mol. The molecule has 0 saturated carbocycles. The van der Waals surface area contributed by atoms with Gasteiger partial charge in [-0.2, -0.15) is 0 Å². The molecular formula is C30H36O3S. The minimum atomic E-state index is -0.815. The smallest absolute Gasteiger partial charge is 0.316 e. The van der Waals surface area contributed by atoms with Crippen molar-refractivity contribution in [3.05, 3.63) is 101 Å². The lowest BCUT2D eigenvalue weighted by atomic mass is 9.80. The highest BCUT2D eigenvalue weighted by atomic mass is 32.2. The fourth-order valence-corrected chi connectivity index (χ4v) is 6.17. The summed E-state index contributed by atoms with van der Waals surface area (Å²) in [6.07, 6.45) is 6.98. The highest BCUT2D eigenvalue weighted by molar-refractivity contribution is 8.01. The molecule has 0 amide bonds. The molecule has 180 valence electrons. The number of rotatable bonds is 13. The largest absolute Gasteiger partial charge is 0.508 e. The zero-order valence-corrected chi connectivity index (χ0v) is 21.1. The lowest BCUT2D eigenvalue weighted by Crippen LogP contribution is -2.32. The van der Waals surface area contributed by atoms with Gasteiger partial charge in [0.05, 0.1) is 4.75 Å². The molecule has 0 fully saturated rings. The van der Waals surface area contributed by atoms with E-state index in [-0.39, 0.29) is 5.75 Å². The molecule has 0 aliphatic rings. The number of phenolic OH excluding ortho intramolecular Hbond substituents is 1. The van der Waals surface area contributed by atoms with Crippen LogP contribution in [-0.2, 0) is 16.0 Å². The zero-order chi connectivity index (χ0) is 24.4. The molecule has 1 unspecified atom stereocenters. The lowest BCUT2D eigenvalue weighted by molar-refractivity contribution is -0.136. The van der Waals surface area contributed by atoms with E-state index in [0.29, 0.717) is 6.42 Å². The van der Waals surface area contributed by atoms with Gasteiger partial charge in [0.15, 0.2) is 0 Å². The minimum absolute atomic E-state index is 0.285. The highest BCUT2D eigenvalue weighted by Gasteiger charge is 2.42. The van der Waals surface area contributed by atoms with Gasteiger partial charge in [-0.3, -0.25) is 4.79 Å². The first-order valence-electron chi connectivity index (χ1n) is 12.4. The number of carbonyl (C=O) groups is 1. The van der Waals surface area contributed by atoms with E-state index in [1.807, 2.05) is 49.4 Å². The van der Waals surface area contributed by atoms with E-state index in [0.717, 1.165) is 41.5 Å². The van der Waals surface area contributed by atoms with Crippen molar-refractivity contribution in [3.8, 4) is 5.75 Å². The van der Waals surface area contributed by atoms with E-state index in [4.69, 9.17) is 0 Å². The van der Waals surface area contributed by atoms with E-state index in [1.165, 1.54) is 31.0 Å². The molecule has 0 aliphatic carbocycles. The number of hydrogen-bond acceptors (Lipinski definition) is 3. The topological polar surface area (TPSA) is 57.5 Å². The molecule has 34 heavy (non-hydrogen) atoms. The second-order valence-electron chi connectivity index (χ2n) is 8.73. The number of phenols is 1. The second-order valence-corrected chi connectivity index (χ2v) is 10.2. The molecule has 3 rings (SSSR count). The minimum Gasteiger partial charge on any atom is -0.508 e. The predicted octanol–water partition coefficient (Wildman–Crippen LogP) is 7.79. The van der Waals surface area contributed by atoms with Crippen LogP contribution in [0.25, 0.3) is 0 Å². The van der Waals surface area contributed by atoms with Crippen LogP contribution in [-0.4, -0.2) is 21.4 Å². The molecule has 0 spiro atoms. The Bertz CT molecular complexity index is 994. The van der Waals surface area contributed by atoms with Gasteiger partial charge in [0.1, 0.15) is 11.0 Å². The summed E-state index contributed by atoms with van der Waals surface area (Å²) in [5, 5.41) is 20.5. The van der Waals surface area contributed by atoms with Crippen LogP contribution in [0.2, 0.25) is 0 Å². The highest BCUT2D eigenvalue weighted by Crippen LogP contribution is 2.52. The van der Waals surface area contributed by atoms with Crippen molar-refractivity contribution in [1.29, 1.82) is 0 Å². The van der Waals surface area contributed by atoms with Gasteiger partial charge in [0.25, 0.3) is 0 Å². The van der Waals surface area contributed by atoms with Crippen LogP contribution in [0.15, 0.2) is 78.9 Å². The molecule has 3 nitrogen and oxygen atoms in total. The third-order valence-electron chi connectivity index (χ3n) is 6.39. The molecule has 0 radical (unpaired) electrons. The van der Waals surface area contributed by atoms with Gasteiger partial charge in [-0.15, -0.1) is 11.8 Å². The van der Waals surface area contributed by atoms with E-state index < -0.39 is 16.0 Å². The monoisotopic (exact) mass is 476 g/mol. The van der Waals surface area contributed by atoms with Crippen LogP contribution in [0.3, 0.4) is 0 Å². The maximum atomic E-state index is 12.3. The van der Waals surface area contributed by atoms with Crippen LogP contribution in [0.1, 0.15) is 74.6 Å². The molecule has 0 bridgehead atoms. The number of unbranched alkanes of at least 4 members (excludes halogenated alkanes) is 4. The Morgan fingerprint density at radius 1 is 0.824 bits per heavy atom. The molecule has 0 heterocycles. The molecule has 0 aliphatic heterocycles. The van der Waals surface area contributed by atoms with Crippen LogP contribution in [0.5, 0.6) is 5.75 Å². The number of hydrogen-bond donors (Lipinski definition) is 2. The summed E-state index contributed by atoms with van der Waals surface area (Å²) < 4.78 is -0.765. The molecule has 0 saturated heterocycles. The molecule has 4 heteroatoms. The first-order chi connectivity index (χ1) is 16.5.